The van der Waals surface area contributed by atoms with Gasteiger partial charge in [0.1, 0.15) is 12.7 Å². The van der Waals surface area contributed by atoms with E-state index in [-0.39, 0.29) is 30.8 Å². The largest absolute Gasteiger partial charge is 0.445 e. The molecule has 1 saturated carbocycles. The molecular weight excluding hydrogens is 310 g/mol. The summed E-state index contributed by atoms with van der Waals surface area (Å²) in [6, 6.07) is 9.46. The number of alkyl carbamates (subject to hydrolysis) is 1. The van der Waals surface area contributed by atoms with Crippen molar-refractivity contribution in [2.45, 2.75) is 50.9 Å². The minimum atomic E-state index is -0.643. The molecule has 0 aromatic heterocycles. The number of methoxy groups -OCH3 is 1. The molecule has 24 heavy (non-hydrogen) atoms. The normalized spacial score (nSPS) is 30.8. The number of carbonyl (C=O) groups excluding carboxylic acids is 1. The number of nitrogens with one attached hydrogen (secondary N) is 1. The van der Waals surface area contributed by atoms with Crippen LogP contribution < -0.4 is 5.32 Å². The van der Waals surface area contributed by atoms with Crippen LogP contribution in [0, 0.1) is 5.92 Å². The number of hydrogen-bond donors (Lipinski definition) is 1. The highest BCUT2D eigenvalue weighted by molar-refractivity contribution is 5.67. The van der Waals surface area contributed by atoms with Crippen LogP contribution in [0.15, 0.2) is 30.3 Å². The van der Waals surface area contributed by atoms with Gasteiger partial charge in [0.15, 0.2) is 5.79 Å². The molecule has 1 heterocycles. The van der Waals surface area contributed by atoms with Crippen molar-refractivity contribution in [1.29, 1.82) is 0 Å². The molecule has 0 unspecified atom stereocenters. The van der Waals surface area contributed by atoms with Gasteiger partial charge in [-0.15, -0.1) is 0 Å². The first kappa shape index (κ1) is 17.2. The van der Waals surface area contributed by atoms with E-state index in [1.165, 1.54) is 0 Å². The lowest BCUT2D eigenvalue weighted by Crippen LogP contribution is -2.43. The predicted octanol–water partition coefficient (Wildman–Crippen LogP) is 2.47. The van der Waals surface area contributed by atoms with E-state index in [1.807, 2.05) is 44.2 Å². The Morgan fingerprint density at radius 3 is 2.67 bits per heavy atom. The van der Waals surface area contributed by atoms with Crippen LogP contribution in [0.2, 0.25) is 0 Å². The number of carbonyl (C=O) groups is 1. The molecule has 1 amide bonds. The van der Waals surface area contributed by atoms with E-state index in [9.17, 15) is 4.79 Å². The molecule has 0 radical (unpaired) electrons. The van der Waals surface area contributed by atoms with Crippen molar-refractivity contribution >= 4 is 6.09 Å². The Labute approximate surface area is 142 Å². The number of fused-ring (bicyclic) bond motifs is 1. The van der Waals surface area contributed by atoms with Crippen LogP contribution in [0.1, 0.15) is 25.8 Å². The Bertz CT molecular complexity index is 562. The van der Waals surface area contributed by atoms with E-state index in [2.05, 4.69) is 5.32 Å². The summed E-state index contributed by atoms with van der Waals surface area (Å²) in [6.45, 7) is 4.61. The fourth-order valence-corrected chi connectivity index (χ4v) is 3.52. The minimum absolute atomic E-state index is 0.0700. The summed E-state index contributed by atoms with van der Waals surface area (Å²) >= 11 is 0. The van der Waals surface area contributed by atoms with E-state index in [0.717, 1.165) is 12.0 Å². The Hall–Kier alpha value is -1.63. The first-order valence-corrected chi connectivity index (χ1v) is 8.30. The quantitative estimate of drug-likeness (QED) is 0.895. The van der Waals surface area contributed by atoms with Crippen molar-refractivity contribution in [1.82, 2.24) is 5.32 Å². The van der Waals surface area contributed by atoms with Crippen molar-refractivity contribution in [3.63, 3.8) is 0 Å². The molecule has 1 aromatic carbocycles. The summed E-state index contributed by atoms with van der Waals surface area (Å²) in [7, 11) is 1.67. The maximum absolute atomic E-state index is 12.1. The monoisotopic (exact) mass is 335 g/mol. The van der Waals surface area contributed by atoms with Crippen LogP contribution in [0.4, 0.5) is 4.79 Å². The first-order chi connectivity index (χ1) is 11.5. The van der Waals surface area contributed by atoms with Crippen LogP contribution in [-0.2, 0) is 25.6 Å². The van der Waals surface area contributed by atoms with Crippen LogP contribution in [-0.4, -0.2) is 43.8 Å². The van der Waals surface area contributed by atoms with E-state index >= 15 is 0 Å². The summed E-state index contributed by atoms with van der Waals surface area (Å²) in [5, 5.41) is 2.92. The van der Waals surface area contributed by atoms with Gasteiger partial charge in [0.2, 0.25) is 0 Å². The molecule has 1 aliphatic carbocycles. The lowest BCUT2D eigenvalue weighted by atomic mass is 10.1. The summed E-state index contributed by atoms with van der Waals surface area (Å²) in [5.74, 6) is -0.448. The summed E-state index contributed by atoms with van der Waals surface area (Å²) in [5.41, 5.74) is 0.954. The average molecular weight is 335 g/mol. The van der Waals surface area contributed by atoms with Gasteiger partial charge in [-0.1, -0.05) is 30.3 Å². The number of amides is 1. The molecule has 2 fully saturated rings. The van der Waals surface area contributed by atoms with Crippen LogP contribution >= 0.6 is 0 Å². The molecule has 6 nitrogen and oxygen atoms in total. The van der Waals surface area contributed by atoms with Crippen LogP contribution in [0.25, 0.3) is 0 Å². The third-order valence-corrected chi connectivity index (χ3v) is 4.48. The predicted molar refractivity (Wildman–Crippen MR) is 87.4 cm³/mol. The van der Waals surface area contributed by atoms with E-state index < -0.39 is 11.9 Å². The second-order valence-electron chi connectivity index (χ2n) is 6.83. The average Bonchev–Trinajstić information content (AvgIpc) is 3.02. The molecule has 4 atom stereocenters. The second kappa shape index (κ2) is 7.09. The van der Waals surface area contributed by atoms with Crippen molar-refractivity contribution in [2.24, 2.45) is 5.92 Å². The highest BCUT2D eigenvalue weighted by atomic mass is 16.8. The number of benzene rings is 1. The Morgan fingerprint density at radius 2 is 1.96 bits per heavy atom. The molecule has 0 bridgehead atoms. The maximum Gasteiger partial charge on any atom is 0.407 e. The second-order valence-corrected chi connectivity index (χ2v) is 6.83. The van der Waals surface area contributed by atoms with Gasteiger partial charge in [-0.3, -0.25) is 0 Å². The third-order valence-electron chi connectivity index (χ3n) is 4.48. The van der Waals surface area contributed by atoms with E-state index in [1.54, 1.807) is 7.11 Å². The van der Waals surface area contributed by atoms with Crippen LogP contribution in [0.3, 0.4) is 0 Å². The number of ether oxygens (including phenoxy) is 4. The Kier molecular flexibility index (Phi) is 5.08. The zero-order valence-electron chi connectivity index (χ0n) is 14.4. The zero-order valence-corrected chi connectivity index (χ0v) is 14.4. The van der Waals surface area contributed by atoms with Crippen molar-refractivity contribution in [3.8, 4) is 0 Å². The Morgan fingerprint density at radius 1 is 1.25 bits per heavy atom. The minimum Gasteiger partial charge on any atom is -0.445 e. The van der Waals surface area contributed by atoms with E-state index in [4.69, 9.17) is 18.9 Å². The topological polar surface area (TPSA) is 66.0 Å². The highest BCUT2D eigenvalue weighted by Crippen LogP contribution is 2.41. The van der Waals surface area contributed by atoms with Gasteiger partial charge in [0.05, 0.1) is 18.8 Å². The summed E-state index contributed by atoms with van der Waals surface area (Å²) in [4.78, 5) is 12.1. The fraction of sp³-hybridized carbons (Fsp3) is 0.611. The zero-order chi connectivity index (χ0) is 17.2. The van der Waals surface area contributed by atoms with Gasteiger partial charge in [0.25, 0.3) is 0 Å². The Balaban J connectivity index is 1.56. The third kappa shape index (κ3) is 3.88. The molecule has 0 spiro atoms. The molecular formula is C18H25NO5. The van der Waals surface area contributed by atoms with Crippen molar-refractivity contribution < 1.29 is 23.7 Å². The van der Waals surface area contributed by atoms with Gasteiger partial charge >= 0.3 is 6.09 Å². The van der Waals surface area contributed by atoms with Gasteiger partial charge < -0.3 is 24.3 Å². The molecule has 1 saturated heterocycles. The lowest BCUT2D eigenvalue weighted by molar-refractivity contribution is -0.160. The smallest absolute Gasteiger partial charge is 0.407 e. The van der Waals surface area contributed by atoms with Gasteiger partial charge in [-0.05, 0) is 25.8 Å². The standard InChI is InChI=1S/C18H25NO5/c1-18(2)23-15-13(11-21-3)9-14(16(15)24-18)19-17(20)22-10-12-7-5-4-6-8-12/h4-8,13-16H,9-11H2,1-3H3,(H,19,20)/t13-,14-,15-,16+/m1/s1. The maximum atomic E-state index is 12.1. The molecule has 1 N–H and O–H groups in total. The van der Waals surface area contributed by atoms with Crippen molar-refractivity contribution in [2.75, 3.05) is 13.7 Å². The molecule has 3 rings (SSSR count). The molecule has 1 aliphatic heterocycles. The SMILES string of the molecule is COC[C@H]1C[C@@H](NC(=O)OCc2ccccc2)[C@@H]2OC(C)(C)O[C@H]12. The molecule has 2 aliphatic rings. The highest BCUT2D eigenvalue weighted by Gasteiger charge is 2.54. The van der Waals surface area contributed by atoms with Gasteiger partial charge in [-0.2, -0.15) is 0 Å². The first-order valence-electron chi connectivity index (χ1n) is 8.30. The van der Waals surface area contributed by atoms with E-state index in [0.29, 0.717) is 6.61 Å². The fourth-order valence-electron chi connectivity index (χ4n) is 3.52. The van der Waals surface area contributed by atoms with Gasteiger partial charge in [0, 0.05) is 13.0 Å². The van der Waals surface area contributed by atoms with Gasteiger partial charge in [-0.25, -0.2) is 4.79 Å². The van der Waals surface area contributed by atoms with Crippen LogP contribution in [0.5, 0.6) is 0 Å². The molecule has 132 valence electrons. The molecule has 1 aromatic rings. The lowest BCUT2D eigenvalue weighted by Gasteiger charge is -2.23. The number of rotatable bonds is 5. The van der Waals surface area contributed by atoms with Crippen molar-refractivity contribution in [3.05, 3.63) is 35.9 Å². The molecule has 6 heteroatoms. The number of hydrogen-bond acceptors (Lipinski definition) is 5. The summed E-state index contributed by atoms with van der Waals surface area (Å²) in [6.07, 6.45) is 0.0671. The summed E-state index contributed by atoms with van der Waals surface area (Å²) < 4.78 is 22.6.